The third-order valence-electron chi connectivity index (χ3n) is 7.17. The average molecular weight is 515 g/mol. The Kier molecular flexibility index (Phi) is 14.1. The first-order valence-electron chi connectivity index (χ1n) is 13.1. The number of ketones is 1. The smallest absolute Gasteiger partial charge is 0.317 e. The van der Waals surface area contributed by atoms with E-state index in [1.165, 1.54) is 6.92 Å². The Hall–Kier alpha value is -2.08. The van der Waals surface area contributed by atoms with E-state index in [2.05, 4.69) is 4.90 Å². The maximum atomic E-state index is 12.2. The molecular formula is C25H46N4O7. The Labute approximate surface area is 215 Å². The zero-order valence-electron chi connectivity index (χ0n) is 22.6. The molecule has 36 heavy (non-hydrogen) atoms. The van der Waals surface area contributed by atoms with Gasteiger partial charge in [-0.1, -0.05) is 27.7 Å². The van der Waals surface area contributed by atoms with E-state index in [1.54, 1.807) is 0 Å². The number of hydrogen-bond donors (Lipinski definition) is 3. The summed E-state index contributed by atoms with van der Waals surface area (Å²) in [7, 11) is 0. The van der Waals surface area contributed by atoms with E-state index in [0.717, 1.165) is 0 Å². The number of carboxylic acid groups (broad SMARTS) is 3. The number of aliphatic carboxylic acids is 3. The minimum absolute atomic E-state index is 0.00363. The van der Waals surface area contributed by atoms with E-state index in [-0.39, 0.29) is 56.1 Å². The Morgan fingerprint density at radius 1 is 0.528 bits per heavy atom. The topological polar surface area (TPSA) is 142 Å². The van der Waals surface area contributed by atoms with Gasteiger partial charge in [0.05, 0.1) is 26.2 Å². The van der Waals surface area contributed by atoms with Crippen molar-refractivity contribution in [2.75, 3.05) is 52.4 Å². The third-order valence-corrected chi connectivity index (χ3v) is 7.17. The fourth-order valence-electron chi connectivity index (χ4n) is 5.27. The molecule has 0 amide bonds. The van der Waals surface area contributed by atoms with Crippen LogP contribution in [0.5, 0.6) is 0 Å². The van der Waals surface area contributed by atoms with Crippen LogP contribution in [-0.2, 0) is 19.2 Å². The predicted molar refractivity (Wildman–Crippen MR) is 136 cm³/mol. The number of carboxylic acids is 3. The van der Waals surface area contributed by atoms with Gasteiger partial charge in [-0.25, -0.2) is 0 Å². The molecule has 1 aliphatic heterocycles. The molecule has 1 aliphatic rings. The van der Waals surface area contributed by atoms with Crippen molar-refractivity contribution in [3.63, 3.8) is 0 Å². The fraction of sp³-hybridized carbons (Fsp3) is 0.840. The molecule has 0 bridgehead atoms. The summed E-state index contributed by atoms with van der Waals surface area (Å²) in [5, 5.41) is 29.0. The lowest BCUT2D eigenvalue weighted by atomic mass is 10.0. The first-order chi connectivity index (χ1) is 16.9. The summed E-state index contributed by atoms with van der Waals surface area (Å²) < 4.78 is 0. The van der Waals surface area contributed by atoms with Crippen LogP contribution in [0.3, 0.4) is 0 Å². The average Bonchev–Trinajstić information content (AvgIpc) is 2.78. The molecule has 0 aromatic carbocycles. The van der Waals surface area contributed by atoms with E-state index in [1.807, 2.05) is 42.4 Å². The molecule has 0 aromatic rings. The standard InChI is InChI=1S/C25H46N4O7/c1-6-19-12-27(15-23(31)32)21(8-3)14-29(17-25(35)36)22(9-4)13-28(16-24(33)34)20(7-2)11-26(19)10-18(5)30/h19-22H,6-17H2,1-5H3,(H,31,32)(H,33,34)(H,35,36)/t19-,20-,21-,22-/m0/s1. The maximum absolute atomic E-state index is 12.2. The van der Waals surface area contributed by atoms with Gasteiger partial charge in [-0.2, -0.15) is 0 Å². The quantitative estimate of drug-likeness (QED) is 0.345. The van der Waals surface area contributed by atoms with Crippen molar-refractivity contribution >= 4 is 23.7 Å². The molecule has 0 radical (unpaired) electrons. The number of rotatable bonds is 12. The lowest BCUT2D eigenvalue weighted by Crippen LogP contribution is -2.59. The van der Waals surface area contributed by atoms with Crippen molar-refractivity contribution in [3.05, 3.63) is 0 Å². The van der Waals surface area contributed by atoms with Crippen LogP contribution in [0, 0.1) is 0 Å². The first-order valence-corrected chi connectivity index (χ1v) is 13.1. The minimum atomic E-state index is -0.976. The van der Waals surface area contributed by atoms with Gasteiger partial charge < -0.3 is 15.3 Å². The highest BCUT2D eigenvalue weighted by Gasteiger charge is 2.34. The number of Topliss-reactive ketones (excluding diaryl/α,β-unsaturated/α-hetero) is 1. The summed E-state index contributed by atoms with van der Waals surface area (Å²) in [6.07, 6.45) is 2.58. The summed E-state index contributed by atoms with van der Waals surface area (Å²) in [5.74, 6) is -2.89. The molecule has 0 spiro atoms. The van der Waals surface area contributed by atoms with Gasteiger partial charge in [0.2, 0.25) is 0 Å². The number of hydrogen-bond acceptors (Lipinski definition) is 8. The number of nitrogens with zero attached hydrogens (tertiary/aromatic N) is 4. The molecule has 4 atom stereocenters. The van der Waals surface area contributed by atoms with Crippen LogP contribution < -0.4 is 0 Å². The summed E-state index contributed by atoms with van der Waals surface area (Å²) >= 11 is 0. The molecule has 0 aromatic heterocycles. The second kappa shape index (κ2) is 15.9. The molecule has 11 nitrogen and oxygen atoms in total. The lowest BCUT2D eigenvalue weighted by molar-refractivity contribution is -0.143. The minimum Gasteiger partial charge on any atom is -0.480 e. The molecule has 0 saturated carbocycles. The van der Waals surface area contributed by atoms with Crippen molar-refractivity contribution in [2.24, 2.45) is 0 Å². The maximum Gasteiger partial charge on any atom is 0.317 e. The fourth-order valence-corrected chi connectivity index (χ4v) is 5.27. The molecule has 1 fully saturated rings. The van der Waals surface area contributed by atoms with Crippen molar-refractivity contribution < 1.29 is 34.5 Å². The molecule has 1 heterocycles. The van der Waals surface area contributed by atoms with Crippen LogP contribution in [0.1, 0.15) is 60.3 Å². The lowest BCUT2D eigenvalue weighted by Gasteiger charge is -2.45. The van der Waals surface area contributed by atoms with Gasteiger partial charge in [-0.05, 0) is 32.6 Å². The Balaban J connectivity index is 3.62. The van der Waals surface area contributed by atoms with Gasteiger partial charge >= 0.3 is 17.9 Å². The van der Waals surface area contributed by atoms with Crippen LogP contribution >= 0.6 is 0 Å². The van der Waals surface area contributed by atoms with E-state index >= 15 is 0 Å². The predicted octanol–water partition coefficient (Wildman–Crippen LogP) is 1.17. The van der Waals surface area contributed by atoms with Gasteiger partial charge in [0.15, 0.2) is 0 Å². The van der Waals surface area contributed by atoms with Crippen molar-refractivity contribution in [1.82, 2.24) is 19.6 Å². The van der Waals surface area contributed by atoms with Gasteiger partial charge in [0, 0.05) is 50.3 Å². The summed E-state index contributed by atoms with van der Waals surface area (Å²) in [5.41, 5.74) is 0. The van der Waals surface area contributed by atoms with Crippen molar-refractivity contribution in [2.45, 2.75) is 84.5 Å². The zero-order valence-corrected chi connectivity index (χ0v) is 22.6. The van der Waals surface area contributed by atoms with Crippen LogP contribution in [0.4, 0.5) is 0 Å². The Bertz CT molecular complexity index is 615. The van der Waals surface area contributed by atoms with Gasteiger partial charge in [0.1, 0.15) is 5.78 Å². The second-order valence-electron chi connectivity index (χ2n) is 9.85. The summed E-state index contributed by atoms with van der Waals surface area (Å²) in [6, 6.07) is -0.711. The van der Waals surface area contributed by atoms with Crippen LogP contribution in [0.2, 0.25) is 0 Å². The molecule has 1 saturated heterocycles. The number of carbonyl (C=O) groups excluding carboxylic acids is 1. The van der Waals surface area contributed by atoms with E-state index in [4.69, 9.17) is 0 Å². The van der Waals surface area contributed by atoms with Crippen LogP contribution in [0.15, 0.2) is 0 Å². The van der Waals surface area contributed by atoms with Gasteiger partial charge in [-0.3, -0.25) is 38.8 Å². The van der Waals surface area contributed by atoms with Gasteiger partial charge in [0.25, 0.3) is 0 Å². The highest BCUT2D eigenvalue weighted by atomic mass is 16.4. The molecule has 1 rings (SSSR count). The summed E-state index contributed by atoms with van der Waals surface area (Å²) in [6.45, 7) is 10.7. The highest BCUT2D eigenvalue weighted by molar-refractivity contribution is 5.77. The van der Waals surface area contributed by atoms with E-state index < -0.39 is 17.9 Å². The molecule has 0 aliphatic carbocycles. The second-order valence-corrected chi connectivity index (χ2v) is 9.85. The Morgan fingerprint density at radius 3 is 0.917 bits per heavy atom. The zero-order chi connectivity index (χ0) is 27.4. The highest BCUT2D eigenvalue weighted by Crippen LogP contribution is 2.20. The largest absolute Gasteiger partial charge is 0.480 e. The molecule has 208 valence electrons. The van der Waals surface area contributed by atoms with E-state index in [0.29, 0.717) is 51.9 Å². The van der Waals surface area contributed by atoms with Crippen molar-refractivity contribution in [1.29, 1.82) is 0 Å². The third kappa shape index (κ3) is 10.5. The van der Waals surface area contributed by atoms with Crippen molar-refractivity contribution in [3.8, 4) is 0 Å². The first kappa shape index (κ1) is 31.9. The number of carbonyl (C=O) groups is 4. The Morgan fingerprint density at radius 2 is 0.750 bits per heavy atom. The van der Waals surface area contributed by atoms with E-state index in [9.17, 15) is 34.5 Å². The van der Waals surface area contributed by atoms with Crippen LogP contribution in [0.25, 0.3) is 0 Å². The van der Waals surface area contributed by atoms with Crippen LogP contribution in [-0.4, -0.2) is 135 Å². The SMILES string of the molecule is CC[C@H]1CN(CC(=O)O)[C@@H](CC)CN(CC(=O)O)[C@@H](CC)CN(CC(=O)O)[C@@H](CC)CN1CC(C)=O. The molecule has 3 N–H and O–H groups in total. The monoisotopic (exact) mass is 514 g/mol. The summed E-state index contributed by atoms with van der Waals surface area (Å²) in [4.78, 5) is 55.3. The normalized spacial score (nSPS) is 26.1. The van der Waals surface area contributed by atoms with Gasteiger partial charge in [-0.15, -0.1) is 0 Å². The molecule has 11 heteroatoms. The molecular weight excluding hydrogens is 468 g/mol. The molecule has 0 unspecified atom stereocenters.